The Hall–Kier alpha value is -2.88. The fourth-order valence-electron chi connectivity index (χ4n) is 2.69. The number of fused-ring (bicyclic) bond motifs is 1. The van der Waals surface area contributed by atoms with Crippen molar-refractivity contribution in [1.29, 1.82) is 0 Å². The lowest BCUT2D eigenvalue weighted by molar-refractivity contribution is 0.0948. The summed E-state index contributed by atoms with van der Waals surface area (Å²) >= 11 is 0. The standard InChI is InChI=1S/C20H21N3O/c1-14-12-21-19(18-7-5-4-6-17(14)18)20(24)22-13-15-8-10-16(11-9-15)23(2)3/h4-12H,13H2,1-3H3,(H,22,24). The molecular formula is C20H21N3O. The van der Waals surface area contributed by atoms with Crippen LogP contribution < -0.4 is 10.2 Å². The van der Waals surface area contributed by atoms with Crippen LogP contribution in [0.5, 0.6) is 0 Å². The highest BCUT2D eigenvalue weighted by Gasteiger charge is 2.12. The molecular weight excluding hydrogens is 298 g/mol. The first-order chi connectivity index (χ1) is 11.6. The molecule has 0 unspecified atom stereocenters. The number of amides is 1. The fraction of sp³-hybridized carbons (Fsp3) is 0.200. The number of pyridine rings is 1. The second-order valence-corrected chi connectivity index (χ2v) is 6.08. The van der Waals surface area contributed by atoms with Gasteiger partial charge in [0.25, 0.3) is 5.91 Å². The third kappa shape index (κ3) is 3.23. The van der Waals surface area contributed by atoms with Crippen molar-refractivity contribution in [2.75, 3.05) is 19.0 Å². The number of hydrogen-bond acceptors (Lipinski definition) is 3. The number of carbonyl (C=O) groups is 1. The molecule has 0 aliphatic carbocycles. The number of nitrogens with one attached hydrogen (secondary N) is 1. The third-order valence-corrected chi connectivity index (χ3v) is 4.12. The fourth-order valence-corrected chi connectivity index (χ4v) is 2.69. The molecule has 3 aromatic rings. The van der Waals surface area contributed by atoms with E-state index in [-0.39, 0.29) is 5.91 Å². The predicted molar refractivity (Wildman–Crippen MR) is 98.4 cm³/mol. The first kappa shape index (κ1) is 16.0. The van der Waals surface area contributed by atoms with Crippen molar-refractivity contribution < 1.29 is 4.79 Å². The Balaban J connectivity index is 1.77. The highest BCUT2D eigenvalue weighted by atomic mass is 16.1. The lowest BCUT2D eigenvalue weighted by Crippen LogP contribution is -2.24. The van der Waals surface area contributed by atoms with Gasteiger partial charge in [-0.15, -0.1) is 0 Å². The Kier molecular flexibility index (Phi) is 4.47. The number of benzene rings is 2. The van der Waals surface area contributed by atoms with Crippen molar-refractivity contribution in [1.82, 2.24) is 10.3 Å². The van der Waals surface area contributed by atoms with Gasteiger partial charge in [-0.1, -0.05) is 36.4 Å². The zero-order valence-electron chi connectivity index (χ0n) is 14.2. The molecule has 1 N–H and O–H groups in total. The van der Waals surface area contributed by atoms with Gasteiger partial charge in [0, 0.05) is 37.9 Å². The topological polar surface area (TPSA) is 45.2 Å². The van der Waals surface area contributed by atoms with E-state index in [1.807, 2.05) is 74.4 Å². The molecule has 2 aromatic carbocycles. The molecule has 1 heterocycles. The number of aromatic nitrogens is 1. The lowest BCUT2D eigenvalue weighted by atomic mass is 10.1. The summed E-state index contributed by atoms with van der Waals surface area (Å²) in [5, 5.41) is 4.91. The zero-order valence-corrected chi connectivity index (χ0v) is 14.2. The van der Waals surface area contributed by atoms with Crippen LogP contribution in [0.4, 0.5) is 5.69 Å². The summed E-state index contributed by atoms with van der Waals surface area (Å²) in [6, 6.07) is 16.0. The SMILES string of the molecule is Cc1cnc(C(=O)NCc2ccc(N(C)C)cc2)c2ccccc12. The molecule has 1 amide bonds. The molecule has 24 heavy (non-hydrogen) atoms. The molecule has 0 aliphatic rings. The summed E-state index contributed by atoms with van der Waals surface area (Å²) in [4.78, 5) is 18.9. The van der Waals surface area contributed by atoms with E-state index in [0.717, 1.165) is 27.6 Å². The van der Waals surface area contributed by atoms with Crippen LogP contribution in [0.25, 0.3) is 10.8 Å². The third-order valence-electron chi connectivity index (χ3n) is 4.12. The van der Waals surface area contributed by atoms with E-state index in [4.69, 9.17) is 0 Å². The van der Waals surface area contributed by atoms with Crippen LogP contribution in [0.1, 0.15) is 21.6 Å². The normalized spacial score (nSPS) is 10.6. The largest absolute Gasteiger partial charge is 0.378 e. The van der Waals surface area contributed by atoms with Crippen LogP contribution in [0, 0.1) is 6.92 Å². The molecule has 0 spiro atoms. The number of hydrogen-bond donors (Lipinski definition) is 1. The highest BCUT2D eigenvalue weighted by molar-refractivity contribution is 6.05. The highest BCUT2D eigenvalue weighted by Crippen LogP contribution is 2.20. The monoisotopic (exact) mass is 319 g/mol. The number of nitrogens with zero attached hydrogens (tertiary/aromatic N) is 2. The molecule has 0 saturated carbocycles. The molecule has 1 aromatic heterocycles. The Bertz CT molecular complexity index is 870. The summed E-state index contributed by atoms with van der Waals surface area (Å²) in [5.74, 6) is -0.150. The van der Waals surface area contributed by atoms with Gasteiger partial charge in [0.15, 0.2) is 0 Å². The van der Waals surface area contributed by atoms with E-state index >= 15 is 0 Å². The Morgan fingerprint density at radius 1 is 1.04 bits per heavy atom. The van der Waals surface area contributed by atoms with Crippen LogP contribution in [0.15, 0.2) is 54.7 Å². The van der Waals surface area contributed by atoms with Gasteiger partial charge in [-0.3, -0.25) is 9.78 Å². The number of aryl methyl sites for hydroxylation is 1. The maximum Gasteiger partial charge on any atom is 0.270 e. The molecule has 122 valence electrons. The minimum Gasteiger partial charge on any atom is -0.378 e. The molecule has 4 nitrogen and oxygen atoms in total. The quantitative estimate of drug-likeness (QED) is 0.800. The van der Waals surface area contributed by atoms with E-state index in [2.05, 4.69) is 10.3 Å². The van der Waals surface area contributed by atoms with Gasteiger partial charge in [-0.05, 0) is 35.6 Å². The maximum absolute atomic E-state index is 12.5. The second-order valence-electron chi connectivity index (χ2n) is 6.08. The van der Waals surface area contributed by atoms with E-state index in [1.54, 1.807) is 6.20 Å². The smallest absolute Gasteiger partial charge is 0.270 e. The molecule has 0 saturated heterocycles. The first-order valence-corrected chi connectivity index (χ1v) is 7.95. The summed E-state index contributed by atoms with van der Waals surface area (Å²) < 4.78 is 0. The van der Waals surface area contributed by atoms with Gasteiger partial charge in [-0.25, -0.2) is 0 Å². The van der Waals surface area contributed by atoms with Gasteiger partial charge in [0.1, 0.15) is 5.69 Å². The van der Waals surface area contributed by atoms with E-state index < -0.39 is 0 Å². The van der Waals surface area contributed by atoms with Crippen molar-refractivity contribution in [2.24, 2.45) is 0 Å². The van der Waals surface area contributed by atoms with Gasteiger partial charge in [0.2, 0.25) is 0 Å². The average Bonchev–Trinajstić information content (AvgIpc) is 2.60. The Labute approximate surface area is 142 Å². The van der Waals surface area contributed by atoms with Crippen molar-refractivity contribution >= 4 is 22.4 Å². The van der Waals surface area contributed by atoms with Crippen molar-refractivity contribution in [2.45, 2.75) is 13.5 Å². The number of rotatable bonds is 4. The van der Waals surface area contributed by atoms with Crippen LogP contribution in [0.2, 0.25) is 0 Å². The Morgan fingerprint density at radius 3 is 2.38 bits per heavy atom. The first-order valence-electron chi connectivity index (χ1n) is 7.95. The van der Waals surface area contributed by atoms with E-state index in [0.29, 0.717) is 12.2 Å². The summed E-state index contributed by atoms with van der Waals surface area (Å²) in [6.07, 6.45) is 1.75. The molecule has 0 fully saturated rings. The molecule has 3 rings (SSSR count). The van der Waals surface area contributed by atoms with Crippen LogP contribution >= 0.6 is 0 Å². The van der Waals surface area contributed by atoms with Crippen LogP contribution in [-0.2, 0) is 6.54 Å². The second kappa shape index (κ2) is 6.71. The summed E-state index contributed by atoms with van der Waals surface area (Å²) in [5.41, 5.74) is 3.74. The summed E-state index contributed by atoms with van der Waals surface area (Å²) in [7, 11) is 4.01. The number of carbonyl (C=O) groups excluding carboxylic acids is 1. The Morgan fingerprint density at radius 2 is 1.71 bits per heavy atom. The van der Waals surface area contributed by atoms with Gasteiger partial charge in [-0.2, -0.15) is 0 Å². The van der Waals surface area contributed by atoms with Gasteiger partial charge >= 0.3 is 0 Å². The van der Waals surface area contributed by atoms with Crippen LogP contribution in [-0.4, -0.2) is 25.0 Å². The molecule has 0 atom stereocenters. The predicted octanol–water partition coefficient (Wildman–Crippen LogP) is 3.54. The van der Waals surface area contributed by atoms with Crippen LogP contribution in [0.3, 0.4) is 0 Å². The van der Waals surface area contributed by atoms with Crippen molar-refractivity contribution in [3.8, 4) is 0 Å². The van der Waals surface area contributed by atoms with Crippen molar-refractivity contribution in [3.63, 3.8) is 0 Å². The maximum atomic E-state index is 12.5. The molecule has 0 aliphatic heterocycles. The van der Waals surface area contributed by atoms with Crippen molar-refractivity contribution in [3.05, 3.63) is 71.5 Å². The average molecular weight is 319 g/mol. The van der Waals surface area contributed by atoms with E-state index in [1.165, 1.54) is 0 Å². The minimum absolute atomic E-state index is 0.150. The van der Waals surface area contributed by atoms with Gasteiger partial charge in [0.05, 0.1) is 0 Å². The zero-order chi connectivity index (χ0) is 17.1. The molecule has 0 bridgehead atoms. The lowest BCUT2D eigenvalue weighted by Gasteiger charge is -2.13. The summed E-state index contributed by atoms with van der Waals surface area (Å²) in [6.45, 7) is 2.49. The minimum atomic E-state index is -0.150. The molecule has 4 heteroatoms. The van der Waals surface area contributed by atoms with Gasteiger partial charge < -0.3 is 10.2 Å². The van der Waals surface area contributed by atoms with E-state index in [9.17, 15) is 4.79 Å². The molecule has 0 radical (unpaired) electrons. The number of anilines is 1.